The Bertz CT molecular complexity index is 808. The highest BCUT2D eigenvalue weighted by Crippen LogP contribution is 2.18. The number of carbonyl (C=O) groups excluding carboxylic acids is 1. The minimum atomic E-state index is 0.0959. The number of tetrazole rings is 1. The van der Waals surface area contributed by atoms with E-state index in [2.05, 4.69) is 20.4 Å². The molecule has 1 saturated heterocycles. The second kappa shape index (κ2) is 6.40. The fourth-order valence-electron chi connectivity index (χ4n) is 2.79. The normalized spacial score (nSPS) is 14.8. The Hall–Kier alpha value is -2.74. The summed E-state index contributed by atoms with van der Waals surface area (Å²) in [6.07, 6.45) is 0. The van der Waals surface area contributed by atoms with Gasteiger partial charge < -0.3 is 9.80 Å². The lowest BCUT2D eigenvalue weighted by atomic mass is 10.2. The molecule has 0 bridgehead atoms. The number of thiophene rings is 1. The molecule has 0 aliphatic carbocycles. The number of anilines is 1. The maximum absolute atomic E-state index is 12.4. The summed E-state index contributed by atoms with van der Waals surface area (Å²) in [7, 11) is 0. The second-order valence-corrected chi connectivity index (χ2v) is 6.30. The molecule has 0 spiro atoms. The van der Waals surface area contributed by atoms with Crippen molar-refractivity contribution in [3.05, 3.63) is 52.7 Å². The number of benzene rings is 1. The molecule has 0 atom stereocenters. The summed E-state index contributed by atoms with van der Waals surface area (Å²) < 4.78 is 1.73. The van der Waals surface area contributed by atoms with E-state index < -0.39 is 0 Å². The monoisotopic (exact) mass is 340 g/mol. The number of amides is 1. The maximum atomic E-state index is 12.4. The van der Waals surface area contributed by atoms with Gasteiger partial charge in [0.2, 0.25) is 5.95 Å². The van der Waals surface area contributed by atoms with E-state index in [1.165, 1.54) is 0 Å². The van der Waals surface area contributed by atoms with Crippen LogP contribution in [0.1, 0.15) is 10.4 Å². The Morgan fingerprint density at radius 2 is 1.83 bits per heavy atom. The zero-order chi connectivity index (χ0) is 16.4. The molecule has 2 aromatic heterocycles. The van der Waals surface area contributed by atoms with Crippen LogP contribution in [0, 0.1) is 0 Å². The van der Waals surface area contributed by atoms with E-state index in [4.69, 9.17) is 0 Å². The van der Waals surface area contributed by atoms with Gasteiger partial charge in [-0.05, 0) is 34.0 Å². The molecular formula is C16H16N6OS. The van der Waals surface area contributed by atoms with Gasteiger partial charge in [0.25, 0.3) is 5.91 Å². The molecule has 0 saturated carbocycles. The lowest BCUT2D eigenvalue weighted by Crippen LogP contribution is -2.49. The van der Waals surface area contributed by atoms with Crippen molar-refractivity contribution in [1.29, 1.82) is 0 Å². The molecule has 1 aromatic carbocycles. The van der Waals surface area contributed by atoms with Gasteiger partial charge in [0.05, 0.1) is 11.3 Å². The van der Waals surface area contributed by atoms with E-state index >= 15 is 0 Å². The molecule has 0 unspecified atom stereocenters. The van der Waals surface area contributed by atoms with Crippen LogP contribution >= 0.6 is 11.3 Å². The van der Waals surface area contributed by atoms with Gasteiger partial charge in [0, 0.05) is 31.6 Å². The van der Waals surface area contributed by atoms with E-state index in [0.717, 1.165) is 11.3 Å². The van der Waals surface area contributed by atoms with Crippen LogP contribution in [-0.4, -0.2) is 57.2 Å². The third-order valence-electron chi connectivity index (χ3n) is 4.07. The summed E-state index contributed by atoms with van der Waals surface area (Å²) in [6, 6.07) is 11.7. The standard InChI is InChI=1S/C16H16N6OS/c23-15(13-6-11-24-12-13)20-7-9-21(10-8-20)16-17-18-19-22(16)14-4-2-1-3-5-14/h1-6,11-12H,7-10H2. The molecule has 1 aliphatic rings. The minimum Gasteiger partial charge on any atom is -0.336 e. The molecule has 24 heavy (non-hydrogen) atoms. The van der Waals surface area contributed by atoms with Gasteiger partial charge in [-0.3, -0.25) is 4.79 Å². The lowest BCUT2D eigenvalue weighted by molar-refractivity contribution is 0.0746. The summed E-state index contributed by atoms with van der Waals surface area (Å²) in [4.78, 5) is 16.4. The van der Waals surface area contributed by atoms with Crippen molar-refractivity contribution in [3.8, 4) is 5.69 Å². The largest absolute Gasteiger partial charge is 0.336 e. The zero-order valence-corrected chi connectivity index (χ0v) is 13.8. The number of rotatable bonds is 3. The Labute approximate surface area is 143 Å². The predicted octanol–water partition coefficient (Wildman–Crippen LogP) is 1.69. The molecular weight excluding hydrogens is 324 g/mol. The first-order valence-electron chi connectivity index (χ1n) is 7.73. The first-order valence-corrected chi connectivity index (χ1v) is 8.67. The number of hydrogen-bond donors (Lipinski definition) is 0. The van der Waals surface area contributed by atoms with E-state index in [9.17, 15) is 4.79 Å². The second-order valence-electron chi connectivity index (χ2n) is 5.52. The van der Waals surface area contributed by atoms with Crippen molar-refractivity contribution in [1.82, 2.24) is 25.1 Å². The summed E-state index contributed by atoms with van der Waals surface area (Å²) in [5, 5.41) is 15.9. The van der Waals surface area contributed by atoms with Crippen LogP contribution in [0.15, 0.2) is 47.2 Å². The first kappa shape index (κ1) is 14.8. The fourth-order valence-corrected chi connectivity index (χ4v) is 3.42. The van der Waals surface area contributed by atoms with Gasteiger partial charge in [-0.15, -0.1) is 0 Å². The van der Waals surface area contributed by atoms with Crippen LogP contribution < -0.4 is 4.90 Å². The van der Waals surface area contributed by atoms with Crippen LogP contribution in [0.4, 0.5) is 5.95 Å². The van der Waals surface area contributed by atoms with E-state index in [-0.39, 0.29) is 5.91 Å². The predicted molar refractivity (Wildman–Crippen MR) is 91.6 cm³/mol. The molecule has 1 amide bonds. The van der Waals surface area contributed by atoms with Crippen LogP contribution in [0.2, 0.25) is 0 Å². The highest BCUT2D eigenvalue weighted by atomic mass is 32.1. The molecule has 3 heterocycles. The van der Waals surface area contributed by atoms with Crippen LogP contribution in [0.3, 0.4) is 0 Å². The number of para-hydroxylation sites is 1. The molecule has 122 valence electrons. The van der Waals surface area contributed by atoms with Crippen molar-refractivity contribution < 1.29 is 4.79 Å². The maximum Gasteiger partial charge on any atom is 0.254 e. The Kier molecular flexibility index (Phi) is 3.96. The van der Waals surface area contributed by atoms with Crippen molar-refractivity contribution in [2.45, 2.75) is 0 Å². The van der Waals surface area contributed by atoms with Crippen LogP contribution in [0.25, 0.3) is 5.69 Å². The summed E-state index contributed by atoms with van der Waals surface area (Å²) in [5.41, 5.74) is 1.69. The Balaban J connectivity index is 1.47. The lowest BCUT2D eigenvalue weighted by Gasteiger charge is -2.34. The molecule has 3 aromatic rings. The average Bonchev–Trinajstić information content (AvgIpc) is 3.34. The molecule has 0 N–H and O–H groups in total. The molecule has 1 fully saturated rings. The number of aromatic nitrogens is 4. The Morgan fingerprint density at radius 1 is 1.04 bits per heavy atom. The quantitative estimate of drug-likeness (QED) is 0.726. The molecule has 7 nitrogen and oxygen atoms in total. The van der Waals surface area contributed by atoms with Crippen molar-refractivity contribution >= 4 is 23.2 Å². The number of hydrogen-bond acceptors (Lipinski definition) is 6. The number of nitrogens with zero attached hydrogens (tertiary/aromatic N) is 6. The SMILES string of the molecule is O=C(c1ccsc1)N1CCN(c2nnnn2-c2ccccc2)CC1. The topological polar surface area (TPSA) is 67.2 Å². The fraction of sp³-hybridized carbons (Fsp3) is 0.250. The average molecular weight is 340 g/mol. The van der Waals surface area contributed by atoms with E-state index in [0.29, 0.717) is 32.1 Å². The number of carbonyl (C=O) groups is 1. The van der Waals surface area contributed by atoms with Gasteiger partial charge in [-0.1, -0.05) is 23.3 Å². The third-order valence-corrected chi connectivity index (χ3v) is 4.75. The highest BCUT2D eigenvalue weighted by molar-refractivity contribution is 7.08. The highest BCUT2D eigenvalue weighted by Gasteiger charge is 2.25. The van der Waals surface area contributed by atoms with Gasteiger partial charge >= 0.3 is 0 Å². The van der Waals surface area contributed by atoms with E-state index in [1.54, 1.807) is 16.0 Å². The number of piperazine rings is 1. The third kappa shape index (κ3) is 2.76. The van der Waals surface area contributed by atoms with Gasteiger partial charge in [0.1, 0.15) is 0 Å². The van der Waals surface area contributed by atoms with Gasteiger partial charge in [-0.2, -0.15) is 16.0 Å². The molecule has 1 aliphatic heterocycles. The van der Waals surface area contributed by atoms with E-state index in [1.807, 2.05) is 52.1 Å². The first-order chi connectivity index (χ1) is 11.8. The minimum absolute atomic E-state index is 0.0959. The zero-order valence-electron chi connectivity index (χ0n) is 12.9. The van der Waals surface area contributed by atoms with Gasteiger partial charge in [-0.25, -0.2) is 0 Å². The van der Waals surface area contributed by atoms with Gasteiger partial charge in [0.15, 0.2) is 0 Å². The Morgan fingerprint density at radius 3 is 2.54 bits per heavy atom. The summed E-state index contributed by atoms with van der Waals surface area (Å²) >= 11 is 1.54. The molecule has 4 rings (SSSR count). The van der Waals surface area contributed by atoms with Crippen LogP contribution in [0.5, 0.6) is 0 Å². The summed E-state index contributed by atoms with van der Waals surface area (Å²) in [6.45, 7) is 2.75. The molecule has 8 heteroatoms. The van der Waals surface area contributed by atoms with Crippen molar-refractivity contribution in [2.75, 3.05) is 31.1 Å². The molecule has 0 radical (unpaired) electrons. The smallest absolute Gasteiger partial charge is 0.254 e. The van der Waals surface area contributed by atoms with Crippen molar-refractivity contribution in [2.24, 2.45) is 0 Å². The summed E-state index contributed by atoms with van der Waals surface area (Å²) in [5.74, 6) is 0.808. The van der Waals surface area contributed by atoms with Crippen LogP contribution in [-0.2, 0) is 0 Å². The van der Waals surface area contributed by atoms with Crippen molar-refractivity contribution in [3.63, 3.8) is 0 Å².